The van der Waals surface area contributed by atoms with Gasteiger partial charge < -0.3 is 5.73 Å². The van der Waals surface area contributed by atoms with Crippen molar-refractivity contribution in [1.82, 2.24) is 20.2 Å². The summed E-state index contributed by atoms with van der Waals surface area (Å²) >= 11 is 0. The Hall–Kier alpha value is -3.83. The summed E-state index contributed by atoms with van der Waals surface area (Å²) in [4.78, 5) is 9.67. The zero-order valence-electron chi connectivity index (χ0n) is 16.6. The second kappa shape index (κ2) is 7.54. The first kappa shape index (κ1) is 18.2. The molecule has 0 bridgehead atoms. The number of benzene rings is 2. The van der Waals surface area contributed by atoms with Crippen LogP contribution in [0.25, 0.3) is 44.5 Å². The summed E-state index contributed by atoms with van der Waals surface area (Å²) in [6, 6.07) is 22.8. The average Bonchev–Trinajstić information content (AvgIpc) is 3.33. The van der Waals surface area contributed by atoms with Crippen LogP contribution in [-0.2, 0) is 0 Å². The van der Waals surface area contributed by atoms with Gasteiger partial charge in [0.05, 0.1) is 23.1 Å². The highest BCUT2D eigenvalue weighted by atomic mass is 15.1. The van der Waals surface area contributed by atoms with Gasteiger partial charge in [-0.3, -0.25) is 10.1 Å². The Kier molecular flexibility index (Phi) is 4.58. The maximum Gasteiger partial charge on any atom is 0.0827 e. The number of nitrogens with zero attached hydrogens (tertiary/aromatic N) is 3. The molecule has 0 spiro atoms. The van der Waals surface area contributed by atoms with Crippen molar-refractivity contribution >= 4 is 10.9 Å². The third-order valence-electron chi connectivity index (χ3n) is 5.31. The molecule has 0 saturated carbocycles. The molecule has 5 nitrogen and oxygen atoms in total. The standard InChI is InChI=1S/C25H21N5/c1-16(26)17-7-9-19(10-8-17)25-21(18-5-3-2-4-6-18)13-22-23(30-25)11-12-27-24(22)20-14-28-29-15-20/h2-16H,26H2,1H3,(H,28,29). The van der Waals surface area contributed by atoms with Crippen LogP contribution >= 0.6 is 0 Å². The first-order valence-electron chi connectivity index (χ1n) is 9.91. The number of nitrogens with one attached hydrogen (secondary N) is 1. The van der Waals surface area contributed by atoms with Crippen molar-refractivity contribution < 1.29 is 0 Å². The van der Waals surface area contributed by atoms with Crippen LogP contribution in [0.15, 0.2) is 85.3 Å². The van der Waals surface area contributed by atoms with Crippen molar-refractivity contribution in [3.8, 4) is 33.6 Å². The summed E-state index contributed by atoms with van der Waals surface area (Å²) in [7, 11) is 0. The topological polar surface area (TPSA) is 80.5 Å². The Morgan fingerprint density at radius 3 is 2.37 bits per heavy atom. The molecule has 1 atom stereocenters. The number of nitrogens with two attached hydrogens (primary N) is 1. The zero-order chi connectivity index (χ0) is 20.5. The highest BCUT2D eigenvalue weighted by molar-refractivity contribution is 5.98. The Balaban J connectivity index is 1.77. The second-order valence-electron chi connectivity index (χ2n) is 7.37. The number of hydrogen-bond acceptors (Lipinski definition) is 4. The normalized spacial score (nSPS) is 12.2. The van der Waals surface area contributed by atoms with Crippen LogP contribution in [0.3, 0.4) is 0 Å². The van der Waals surface area contributed by atoms with Crippen molar-refractivity contribution in [3.63, 3.8) is 0 Å². The third kappa shape index (κ3) is 3.25. The fourth-order valence-corrected chi connectivity index (χ4v) is 3.71. The number of pyridine rings is 2. The molecule has 0 aliphatic carbocycles. The van der Waals surface area contributed by atoms with Gasteiger partial charge in [-0.1, -0.05) is 54.6 Å². The first-order chi connectivity index (χ1) is 14.7. The summed E-state index contributed by atoms with van der Waals surface area (Å²) in [5.41, 5.74) is 14.0. The smallest absolute Gasteiger partial charge is 0.0827 e. The van der Waals surface area contributed by atoms with Crippen LogP contribution in [0.4, 0.5) is 0 Å². The molecule has 30 heavy (non-hydrogen) atoms. The summed E-state index contributed by atoms with van der Waals surface area (Å²) in [5.74, 6) is 0. The summed E-state index contributed by atoms with van der Waals surface area (Å²) in [6.45, 7) is 1.99. The molecule has 1 unspecified atom stereocenters. The molecule has 3 N–H and O–H groups in total. The molecule has 3 heterocycles. The lowest BCUT2D eigenvalue weighted by Gasteiger charge is -2.14. The molecule has 3 aromatic heterocycles. The van der Waals surface area contributed by atoms with E-state index in [1.54, 1.807) is 12.4 Å². The van der Waals surface area contributed by atoms with Gasteiger partial charge in [-0.2, -0.15) is 5.10 Å². The minimum absolute atomic E-state index is 0.000740. The van der Waals surface area contributed by atoms with E-state index >= 15 is 0 Å². The molecule has 5 heteroatoms. The maximum atomic E-state index is 6.03. The van der Waals surface area contributed by atoms with E-state index in [1.807, 2.05) is 37.4 Å². The number of hydrogen-bond donors (Lipinski definition) is 2. The average molecular weight is 391 g/mol. The zero-order valence-corrected chi connectivity index (χ0v) is 16.6. The van der Waals surface area contributed by atoms with Gasteiger partial charge in [0.25, 0.3) is 0 Å². The quantitative estimate of drug-likeness (QED) is 0.431. The molecule has 5 aromatic rings. The van der Waals surface area contributed by atoms with Crippen LogP contribution in [-0.4, -0.2) is 20.2 Å². The van der Waals surface area contributed by atoms with Gasteiger partial charge in [0.15, 0.2) is 0 Å². The van der Waals surface area contributed by atoms with E-state index in [9.17, 15) is 0 Å². The van der Waals surface area contributed by atoms with Crippen LogP contribution in [0.2, 0.25) is 0 Å². The van der Waals surface area contributed by atoms with Crippen LogP contribution in [0.1, 0.15) is 18.5 Å². The third-order valence-corrected chi connectivity index (χ3v) is 5.31. The molecule has 0 aliphatic rings. The molecule has 0 saturated heterocycles. The van der Waals surface area contributed by atoms with Gasteiger partial charge in [0, 0.05) is 40.5 Å². The molecule has 0 aliphatic heterocycles. The highest BCUT2D eigenvalue weighted by Crippen LogP contribution is 2.36. The monoisotopic (exact) mass is 391 g/mol. The fourth-order valence-electron chi connectivity index (χ4n) is 3.71. The van der Waals surface area contributed by atoms with E-state index in [0.717, 1.165) is 50.1 Å². The Morgan fingerprint density at radius 1 is 0.867 bits per heavy atom. The van der Waals surface area contributed by atoms with E-state index < -0.39 is 0 Å². The van der Waals surface area contributed by atoms with Crippen molar-refractivity contribution in [2.45, 2.75) is 13.0 Å². The molecule has 146 valence electrons. The predicted octanol–water partition coefficient (Wildman–Crippen LogP) is 5.37. The second-order valence-corrected chi connectivity index (χ2v) is 7.37. The molecule has 2 aromatic carbocycles. The number of aromatic nitrogens is 4. The summed E-state index contributed by atoms with van der Waals surface area (Å²) < 4.78 is 0. The van der Waals surface area contributed by atoms with Gasteiger partial charge in [0.2, 0.25) is 0 Å². The van der Waals surface area contributed by atoms with Crippen molar-refractivity contribution in [3.05, 3.63) is 90.9 Å². The Bertz CT molecular complexity index is 1290. The van der Waals surface area contributed by atoms with Gasteiger partial charge in [-0.05, 0) is 30.2 Å². The SMILES string of the molecule is CC(N)c1ccc(-c2nc3ccnc(-c4cn[nH]c4)c3cc2-c2ccccc2)cc1. The van der Waals surface area contributed by atoms with E-state index in [0.29, 0.717) is 0 Å². The molecular weight excluding hydrogens is 370 g/mol. The van der Waals surface area contributed by atoms with E-state index in [4.69, 9.17) is 10.7 Å². The summed E-state index contributed by atoms with van der Waals surface area (Å²) in [6.07, 6.45) is 5.43. The number of H-pyrrole nitrogens is 1. The highest BCUT2D eigenvalue weighted by Gasteiger charge is 2.15. The lowest BCUT2D eigenvalue weighted by molar-refractivity contribution is 0.818. The van der Waals surface area contributed by atoms with Crippen LogP contribution in [0.5, 0.6) is 0 Å². The van der Waals surface area contributed by atoms with Gasteiger partial charge in [0.1, 0.15) is 0 Å². The number of aromatic amines is 1. The molecule has 5 rings (SSSR count). The molecular formula is C25H21N5. The minimum atomic E-state index is 0.000740. The van der Waals surface area contributed by atoms with Crippen molar-refractivity contribution in [2.75, 3.05) is 0 Å². The molecule has 0 amide bonds. The molecule has 0 fully saturated rings. The van der Waals surface area contributed by atoms with E-state index in [-0.39, 0.29) is 6.04 Å². The maximum absolute atomic E-state index is 6.03. The lowest BCUT2D eigenvalue weighted by Crippen LogP contribution is -2.04. The first-order valence-corrected chi connectivity index (χ1v) is 9.91. The molecule has 0 radical (unpaired) electrons. The Morgan fingerprint density at radius 2 is 1.67 bits per heavy atom. The van der Waals surface area contributed by atoms with Gasteiger partial charge >= 0.3 is 0 Å². The van der Waals surface area contributed by atoms with E-state index in [1.165, 1.54) is 0 Å². The lowest BCUT2D eigenvalue weighted by atomic mass is 9.95. The predicted molar refractivity (Wildman–Crippen MR) is 121 cm³/mol. The Labute approximate surface area is 174 Å². The van der Waals surface area contributed by atoms with Crippen LogP contribution < -0.4 is 5.73 Å². The van der Waals surface area contributed by atoms with Gasteiger partial charge in [-0.25, -0.2) is 4.98 Å². The van der Waals surface area contributed by atoms with Crippen molar-refractivity contribution in [1.29, 1.82) is 0 Å². The summed E-state index contributed by atoms with van der Waals surface area (Å²) in [5, 5.41) is 7.94. The fraction of sp³-hybridized carbons (Fsp3) is 0.0800. The number of fused-ring (bicyclic) bond motifs is 1. The van der Waals surface area contributed by atoms with E-state index in [2.05, 4.69) is 57.6 Å². The number of rotatable bonds is 4. The minimum Gasteiger partial charge on any atom is -0.324 e. The van der Waals surface area contributed by atoms with Crippen LogP contribution in [0, 0.1) is 0 Å². The largest absolute Gasteiger partial charge is 0.324 e. The van der Waals surface area contributed by atoms with Gasteiger partial charge in [-0.15, -0.1) is 0 Å². The van der Waals surface area contributed by atoms with Crippen molar-refractivity contribution in [2.24, 2.45) is 5.73 Å².